The molecule has 2 rings (SSSR count). The number of benzene rings is 1. The van der Waals surface area contributed by atoms with Crippen molar-refractivity contribution in [3.8, 4) is 0 Å². The predicted octanol–water partition coefficient (Wildman–Crippen LogP) is 1.32. The first kappa shape index (κ1) is 13.3. The van der Waals surface area contributed by atoms with Gasteiger partial charge in [-0.2, -0.15) is 0 Å². The van der Waals surface area contributed by atoms with E-state index < -0.39 is 23.6 Å². The first-order valence-corrected chi connectivity index (χ1v) is 5.78. The van der Waals surface area contributed by atoms with Gasteiger partial charge in [-0.25, -0.2) is 8.78 Å². The SMILES string of the molecule is NC(=NO)C1CCCN1C(=O)c1ccc(F)c(F)c1. The number of amidine groups is 1. The Morgan fingerprint density at radius 3 is 2.79 bits per heavy atom. The summed E-state index contributed by atoms with van der Waals surface area (Å²) in [5.74, 6) is -2.61. The lowest BCUT2D eigenvalue weighted by Crippen LogP contribution is -2.43. The standard InChI is InChI=1S/C12H13F2N3O2/c13-8-4-3-7(6-9(8)14)12(18)17-5-1-2-10(17)11(15)16-19/h3-4,6,10,19H,1-2,5H2,(H2,15,16). The molecule has 1 aliphatic rings. The summed E-state index contributed by atoms with van der Waals surface area (Å²) in [6, 6.07) is 2.45. The number of oxime groups is 1. The van der Waals surface area contributed by atoms with Crippen molar-refractivity contribution in [1.29, 1.82) is 0 Å². The maximum absolute atomic E-state index is 13.1. The maximum Gasteiger partial charge on any atom is 0.254 e. The minimum atomic E-state index is -1.08. The van der Waals surface area contributed by atoms with Crippen LogP contribution in [0.2, 0.25) is 0 Å². The van der Waals surface area contributed by atoms with Crippen LogP contribution in [0.15, 0.2) is 23.4 Å². The summed E-state index contributed by atoms with van der Waals surface area (Å²) >= 11 is 0. The molecule has 1 amide bonds. The largest absolute Gasteiger partial charge is 0.409 e. The number of carbonyl (C=O) groups is 1. The van der Waals surface area contributed by atoms with Crippen molar-refractivity contribution in [3.05, 3.63) is 35.4 Å². The van der Waals surface area contributed by atoms with Gasteiger partial charge in [-0.3, -0.25) is 4.79 Å². The van der Waals surface area contributed by atoms with Crippen LogP contribution in [0, 0.1) is 11.6 Å². The molecule has 0 spiro atoms. The van der Waals surface area contributed by atoms with Crippen LogP contribution < -0.4 is 5.73 Å². The fourth-order valence-corrected chi connectivity index (χ4v) is 2.18. The third-order valence-corrected chi connectivity index (χ3v) is 3.14. The third-order valence-electron chi connectivity index (χ3n) is 3.14. The number of halogens is 2. The van der Waals surface area contributed by atoms with E-state index in [2.05, 4.69) is 5.16 Å². The fraction of sp³-hybridized carbons (Fsp3) is 0.333. The highest BCUT2D eigenvalue weighted by Crippen LogP contribution is 2.21. The van der Waals surface area contributed by atoms with Crippen LogP contribution in [-0.4, -0.2) is 34.4 Å². The number of amides is 1. The molecule has 0 radical (unpaired) electrons. The molecule has 1 aromatic carbocycles. The van der Waals surface area contributed by atoms with Gasteiger partial charge in [0.1, 0.15) is 0 Å². The molecule has 0 aromatic heterocycles. The second kappa shape index (κ2) is 5.21. The maximum atomic E-state index is 13.1. The van der Waals surface area contributed by atoms with E-state index in [-0.39, 0.29) is 11.4 Å². The Labute approximate surface area is 108 Å². The number of nitrogens with zero attached hydrogens (tertiary/aromatic N) is 2. The Balaban J connectivity index is 2.25. The number of nitrogens with two attached hydrogens (primary N) is 1. The molecule has 1 fully saturated rings. The van der Waals surface area contributed by atoms with Gasteiger partial charge >= 0.3 is 0 Å². The minimum Gasteiger partial charge on any atom is -0.409 e. The molecule has 5 nitrogen and oxygen atoms in total. The Kier molecular flexibility index (Phi) is 3.64. The average molecular weight is 269 g/mol. The molecule has 1 heterocycles. The van der Waals surface area contributed by atoms with E-state index in [9.17, 15) is 13.6 Å². The van der Waals surface area contributed by atoms with E-state index in [4.69, 9.17) is 10.9 Å². The van der Waals surface area contributed by atoms with Crippen molar-refractivity contribution in [2.24, 2.45) is 10.9 Å². The first-order chi connectivity index (χ1) is 9.04. The van der Waals surface area contributed by atoms with Crippen LogP contribution in [0.3, 0.4) is 0 Å². The number of carbonyl (C=O) groups excluding carboxylic acids is 1. The van der Waals surface area contributed by atoms with Crippen molar-refractivity contribution < 1.29 is 18.8 Å². The molecule has 1 unspecified atom stereocenters. The number of rotatable bonds is 2. The van der Waals surface area contributed by atoms with Crippen molar-refractivity contribution in [1.82, 2.24) is 4.90 Å². The summed E-state index contributed by atoms with van der Waals surface area (Å²) < 4.78 is 25.9. The number of likely N-dealkylation sites (tertiary alicyclic amines) is 1. The van der Waals surface area contributed by atoms with Crippen molar-refractivity contribution >= 4 is 11.7 Å². The number of hydrogen-bond acceptors (Lipinski definition) is 3. The molecule has 1 aromatic rings. The average Bonchev–Trinajstić information content (AvgIpc) is 2.89. The van der Waals surface area contributed by atoms with Gasteiger partial charge in [0.25, 0.3) is 5.91 Å². The highest BCUT2D eigenvalue weighted by atomic mass is 19.2. The lowest BCUT2D eigenvalue weighted by Gasteiger charge is -2.23. The molecular formula is C12H13F2N3O2. The van der Waals surface area contributed by atoms with E-state index in [0.717, 1.165) is 12.1 Å². The number of hydrogen-bond donors (Lipinski definition) is 2. The second-order valence-electron chi connectivity index (χ2n) is 4.31. The van der Waals surface area contributed by atoms with Gasteiger partial charge in [0.2, 0.25) is 0 Å². The molecule has 102 valence electrons. The zero-order valence-corrected chi connectivity index (χ0v) is 10.0. The molecule has 19 heavy (non-hydrogen) atoms. The summed E-state index contributed by atoms with van der Waals surface area (Å²) in [6.45, 7) is 0.429. The van der Waals surface area contributed by atoms with Crippen LogP contribution in [0.5, 0.6) is 0 Å². The van der Waals surface area contributed by atoms with Crippen molar-refractivity contribution in [2.75, 3.05) is 6.54 Å². The van der Waals surface area contributed by atoms with Crippen LogP contribution in [0.4, 0.5) is 8.78 Å². The Morgan fingerprint density at radius 1 is 1.42 bits per heavy atom. The van der Waals surface area contributed by atoms with Crippen LogP contribution in [0.1, 0.15) is 23.2 Å². The summed E-state index contributed by atoms with van der Waals surface area (Å²) in [6.07, 6.45) is 1.28. The van der Waals surface area contributed by atoms with E-state index in [0.29, 0.717) is 19.4 Å². The topological polar surface area (TPSA) is 78.9 Å². The first-order valence-electron chi connectivity index (χ1n) is 5.78. The predicted molar refractivity (Wildman–Crippen MR) is 63.8 cm³/mol. The molecule has 1 saturated heterocycles. The fourth-order valence-electron chi connectivity index (χ4n) is 2.18. The molecule has 1 atom stereocenters. The highest BCUT2D eigenvalue weighted by molar-refractivity contribution is 5.98. The zero-order valence-electron chi connectivity index (χ0n) is 10.0. The second-order valence-corrected chi connectivity index (χ2v) is 4.31. The smallest absolute Gasteiger partial charge is 0.254 e. The van der Waals surface area contributed by atoms with Gasteiger partial charge in [-0.1, -0.05) is 5.16 Å². The molecule has 1 aliphatic heterocycles. The van der Waals surface area contributed by atoms with Gasteiger partial charge in [0, 0.05) is 12.1 Å². The quantitative estimate of drug-likeness (QED) is 0.368. The third kappa shape index (κ3) is 2.49. The zero-order chi connectivity index (χ0) is 14.0. The molecular weight excluding hydrogens is 256 g/mol. The normalized spacial score (nSPS) is 19.8. The summed E-state index contributed by atoms with van der Waals surface area (Å²) in [5, 5.41) is 11.6. The van der Waals surface area contributed by atoms with E-state index >= 15 is 0 Å². The van der Waals surface area contributed by atoms with Gasteiger partial charge < -0.3 is 15.8 Å². The van der Waals surface area contributed by atoms with Crippen molar-refractivity contribution in [3.63, 3.8) is 0 Å². The van der Waals surface area contributed by atoms with Crippen molar-refractivity contribution in [2.45, 2.75) is 18.9 Å². The monoisotopic (exact) mass is 269 g/mol. The lowest BCUT2D eigenvalue weighted by atomic mass is 10.1. The van der Waals surface area contributed by atoms with Gasteiger partial charge in [0.05, 0.1) is 6.04 Å². The van der Waals surface area contributed by atoms with E-state index in [1.165, 1.54) is 11.0 Å². The van der Waals surface area contributed by atoms with E-state index in [1.807, 2.05) is 0 Å². The van der Waals surface area contributed by atoms with Crippen LogP contribution in [0.25, 0.3) is 0 Å². The molecule has 3 N–H and O–H groups in total. The van der Waals surface area contributed by atoms with Gasteiger partial charge in [-0.05, 0) is 31.0 Å². The minimum absolute atomic E-state index is 0.0385. The summed E-state index contributed by atoms with van der Waals surface area (Å²) in [5.41, 5.74) is 5.55. The molecule has 7 heteroatoms. The Bertz CT molecular complexity index is 534. The highest BCUT2D eigenvalue weighted by Gasteiger charge is 2.32. The summed E-state index contributed by atoms with van der Waals surface area (Å²) in [7, 11) is 0. The van der Waals surface area contributed by atoms with Crippen LogP contribution in [-0.2, 0) is 0 Å². The van der Waals surface area contributed by atoms with Gasteiger partial charge in [-0.15, -0.1) is 0 Å². The van der Waals surface area contributed by atoms with Gasteiger partial charge in [0.15, 0.2) is 17.5 Å². The Hall–Kier alpha value is -2.18. The summed E-state index contributed by atoms with van der Waals surface area (Å²) in [4.78, 5) is 13.6. The van der Waals surface area contributed by atoms with Crippen LogP contribution >= 0.6 is 0 Å². The Morgan fingerprint density at radius 2 is 2.16 bits per heavy atom. The molecule has 0 saturated carbocycles. The lowest BCUT2D eigenvalue weighted by molar-refractivity contribution is 0.0767. The molecule has 0 aliphatic carbocycles. The molecule has 0 bridgehead atoms. The van der Waals surface area contributed by atoms with E-state index in [1.54, 1.807) is 0 Å².